The van der Waals surface area contributed by atoms with Gasteiger partial charge in [0.2, 0.25) is 11.1 Å². The SMILES string of the molecule is CNc1ncc(C)c(Sc2nnnn2C2CCCC2)n1. The maximum absolute atomic E-state index is 4.47. The molecule has 0 saturated heterocycles. The molecule has 0 spiro atoms. The largest absolute Gasteiger partial charge is 0.357 e. The molecule has 2 aromatic heterocycles. The molecule has 8 heteroatoms. The Morgan fingerprint density at radius 2 is 2.15 bits per heavy atom. The summed E-state index contributed by atoms with van der Waals surface area (Å²) in [6.45, 7) is 1.99. The van der Waals surface area contributed by atoms with Crippen molar-refractivity contribution in [1.29, 1.82) is 0 Å². The van der Waals surface area contributed by atoms with E-state index < -0.39 is 0 Å². The monoisotopic (exact) mass is 291 g/mol. The van der Waals surface area contributed by atoms with E-state index in [0.29, 0.717) is 12.0 Å². The highest BCUT2D eigenvalue weighted by atomic mass is 32.2. The molecule has 0 aromatic carbocycles. The number of anilines is 1. The first-order valence-corrected chi connectivity index (χ1v) is 7.56. The number of hydrogen-bond acceptors (Lipinski definition) is 7. The zero-order valence-corrected chi connectivity index (χ0v) is 12.4. The summed E-state index contributed by atoms with van der Waals surface area (Å²) in [5.74, 6) is 0.609. The molecule has 1 saturated carbocycles. The van der Waals surface area contributed by atoms with Crippen LogP contribution < -0.4 is 5.32 Å². The van der Waals surface area contributed by atoms with Crippen molar-refractivity contribution >= 4 is 17.7 Å². The lowest BCUT2D eigenvalue weighted by Gasteiger charge is -2.11. The third-order valence-corrected chi connectivity index (χ3v) is 4.53. The van der Waals surface area contributed by atoms with Crippen molar-refractivity contribution in [3.05, 3.63) is 11.8 Å². The zero-order chi connectivity index (χ0) is 13.9. The lowest BCUT2D eigenvalue weighted by Crippen LogP contribution is -2.08. The van der Waals surface area contributed by atoms with E-state index >= 15 is 0 Å². The molecule has 106 valence electrons. The van der Waals surface area contributed by atoms with Crippen molar-refractivity contribution in [2.45, 2.75) is 48.8 Å². The van der Waals surface area contributed by atoms with Gasteiger partial charge < -0.3 is 5.32 Å². The van der Waals surface area contributed by atoms with E-state index in [2.05, 4.69) is 30.8 Å². The van der Waals surface area contributed by atoms with Gasteiger partial charge in [-0.25, -0.2) is 14.6 Å². The van der Waals surface area contributed by atoms with Gasteiger partial charge in [-0.3, -0.25) is 0 Å². The van der Waals surface area contributed by atoms with Crippen LogP contribution in [0.15, 0.2) is 16.4 Å². The molecular weight excluding hydrogens is 274 g/mol. The average Bonchev–Trinajstić information content (AvgIpc) is 3.11. The molecule has 0 radical (unpaired) electrons. The molecule has 7 nitrogen and oxygen atoms in total. The highest BCUT2D eigenvalue weighted by molar-refractivity contribution is 7.99. The van der Waals surface area contributed by atoms with Gasteiger partial charge in [-0.15, -0.1) is 5.10 Å². The molecule has 0 atom stereocenters. The summed E-state index contributed by atoms with van der Waals surface area (Å²) in [5, 5.41) is 16.7. The summed E-state index contributed by atoms with van der Waals surface area (Å²) in [4.78, 5) is 8.66. The van der Waals surface area contributed by atoms with E-state index in [1.165, 1.54) is 24.6 Å². The highest BCUT2D eigenvalue weighted by Gasteiger charge is 2.22. The molecule has 1 fully saturated rings. The van der Waals surface area contributed by atoms with E-state index in [0.717, 1.165) is 28.6 Å². The van der Waals surface area contributed by atoms with Crippen molar-refractivity contribution < 1.29 is 0 Å². The predicted molar refractivity (Wildman–Crippen MR) is 75.8 cm³/mol. The molecule has 0 aliphatic heterocycles. The first-order chi connectivity index (χ1) is 9.78. The summed E-state index contributed by atoms with van der Waals surface area (Å²) in [5.41, 5.74) is 1.02. The molecule has 0 unspecified atom stereocenters. The number of nitrogens with zero attached hydrogens (tertiary/aromatic N) is 6. The van der Waals surface area contributed by atoms with E-state index in [1.807, 2.05) is 24.9 Å². The fourth-order valence-corrected chi connectivity index (χ4v) is 3.24. The third kappa shape index (κ3) is 2.60. The molecule has 2 aromatic rings. The van der Waals surface area contributed by atoms with Gasteiger partial charge in [0.15, 0.2) is 0 Å². The van der Waals surface area contributed by atoms with Crippen LogP contribution in [0.4, 0.5) is 5.95 Å². The molecule has 1 aliphatic carbocycles. The molecule has 20 heavy (non-hydrogen) atoms. The topological polar surface area (TPSA) is 81.4 Å². The van der Waals surface area contributed by atoms with Gasteiger partial charge in [-0.05, 0) is 42.0 Å². The standard InChI is InChI=1S/C12H17N7S/c1-8-7-14-11(13-2)15-10(8)20-12-16-17-18-19(12)9-5-3-4-6-9/h7,9H,3-6H2,1-2H3,(H,13,14,15). The summed E-state index contributed by atoms with van der Waals surface area (Å²) < 4.78 is 1.94. The lowest BCUT2D eigenvalue weighted by atomic mass is 10.3. The van der Waals surface area contributed by atoms with Crippen LogP contribution >= 0.6 is 11.8 Å². The van der Waals surface area contributed by atoms with Gasteiger partial charge in [0.05, 0.1) is 6.04 Å². The molecule has 0 bridgehead atoms. The summed E-state index contributed by atoms with van der Waals surface area (Å²) >= 11 is 1.50. The van der Waals surface area contributed by atoms with Gasteiger partial charge in [0.25, 0.3) is 0 Å². The van der Waals surface area contributed by atoms with Gasteiger partial charge in [-0.2, -0.15) is 0 Å². The first-order valence-electron chi connectivity index (χ1n) is 6.75. The van der Waals surface area contributed by atoms with Crippen LogP contribution in [-0.4, -0.2) is 37.2 Å². The fourth-order valence-electron chi connectivity index (χ4n) is 2.37. The Labute approximate surface area is 121 Å². The minimum Gasteiger partial charge on any atom is -0.357 e. The van der Waals surface area contributed by atoms with Crippen molar-refractivity contribution in [3.8, 4) is 0 Å². The van der Waals surface area contributed by atoms with Gasteiger partial charge in [-0.1, -0.05) is 12.8 Å². The quantitative estimate of drug-likeness (QED) is 0.864. The second-order valence-electron chi connectivity index (χ2n) is 4.88. The predicted octanol–water partition coefficient (Wildman–Crippen LogP) is 2.08. The maximum atomic E-state index is 4.47. The molecule has 1 aliphatic rings. The Bertz CT molecular complexity index is 591. The smallest absolute Gasteiger partial charge is 0.223 e. The van der Waals surface area contributed by atoms with Crippen LogP contribution in [-0.2, 0) is 0 Å². The van der Waals surface area contributed by atoms with E-state index in [9.17, 15) is 0 Å². The maximum Gasteiger partial charge on any atom is 0.223 e. The van der Waals surface area contributed by atoms with Crippen molar-refractivity contribution in [2.75, 3.05) is 12.4 Å². The van der Waals surface area contributed by atoms with Crippen LogP contribution in [0.3, 0.4) is 0 Å². The lowest BCUT2D eigenvalue weighted by molar-refractivity contribution is 0.423. The van der Waals surface area contributed by atoms with E-state index in [1.54, 1.807) is 0 Å². The molecule has 2 heterocycles. The molecule has 0 amide bonds. The Morgan fingerprint density at radius 1 is 1.35 bits per heavy atom. The molecule has 1 N–H and O–H groups in total. The van der Waals surface area contributed by atoms with E-state index in [-0.39, 0.29) is 0 Å². The van der Waals surface area contributed by atoms with Crippen LogP contribution in [0, 0.1) is 6.92 Å². The zero-order valence-electron chi connectivity index (χ0n) is 11.6. The van der Waals surface area contributed by atoms with E-state index in [4.69, 9.17) is 0 Å². The normalized spacial score (nSPS) is 15.7. The Hall–Kier alpha value is -1.70. The number of nitrogens with one attached hydrogen (secondary N) is 1. The molecular formula is C12H17N7S. The van der Waals surface area contributed by atoms with Crippen LogP contribution in [0.5, 0.6) is 0 Å². The number of tetrazole rings is 1. The number of aryl methyl sites for hydroxylation is 1. The van der Waals surface area contributed by atoms with Crippen LogP contribution in [0.25, 0.3) is 0 Å². The Kier molecular flexibility index (Phi) is 3.81. The molecule has 3 rings (SSSR count). The third-order valence-electron chi connectivity index (χ3n) is 3.47. The van der Waals surface area contributed by atoms with Gasteiger partial charge in [0, 0.05) is 18.8 Å². The minimum absolute atomic E-state index is 0.429. The summed E-state index contributed by atoms with van der Waals surface area (Å²) in [6.07, 6.45) is 6.63. The minimum atomic E-state index is 0.429. The highest BCUT2D eigenvalue weighted by Crippen LogP contribution is 2.34. The number of aromatic nitrogens is 6. The number of hydrogen-bond donors (Lipinski definition) is 1. The fraction of sp³-hybridized carbons (Fsp3) is 0.583. The Morgan fingerprint density at radius 3 is 2.90 bits per heavy atom. The van der Waals surface area contributed by atoms with Crippen LogP contribution in [0.1, 0.15) is 37.3 Å². The van der Waals surface area contributed by atoms with Gasteiger partial charge >= 0.3 is 0 Å². The average molecular weight is 291 g/mol. The van der Waals surface area contributed by atoms with Crippen molar-refractivity contribution in [3.63, 3.8) is 0 Å². The second kappa shape index (κ2) is 5.74. The van der Waals surface area contributed by atoms with Crippen LogP contribution in [0.2, 0.25) is 0 Å². The summed E-state index contributed by atoms with van der Waals surface area (Å²) in [6, 6.07) is 0.429. The number of rotatable bonds is 4. The van der Waals surface area contributed by atoms with Crippen molar-refractivity contribution in [1.82, 2.24) is 30.2 Å². The second-order valence-corrected chi connectivity index (χ2v) is 5.83. The Balaban J connectivity index is 1.86. The van der Waals surface area contributed by atoms with Gasteiger partial charge in [0.1, 0.15) is 5.03 Å². The summed E-state index contributed by atoms with van der Waals surface area (Å²) in [7, 11) is 1.81. The van der Waals surface area contributed by atoms with Crippen molar-refractivity contribution in [2.24, 2.45) is 0 Å². The first kappa shape index (κ1) is 13.3.